The third kappa shape index (κ3) is 3.53. The van der Waals surface area contributed by atoms with Crippen molar-refractivity contribution in [1.82, 2.24) is 14.1 Å². The maximum Gasteiger partial charge on any atom is 0.329 e. The molecule has 1 amide bonds. The van der Waals surface area contributed by atoms with Crippen LogP contribution in [0.3, 0.4) is 0 Å². The van der Waals surface area contributed by atoms with Crippen LogP contribution >= 0.6 is 11.6 Å². The quantitative estimate of drug-likeness (QED) is 0.525. The molecule has 2 aromatic heterocycles. The van der Waals surface area contributed by atoms with E-state index in [0.29, 0.717) is 0 Å². The van der Waals surface area contributed by atoms with E-state index in [-0.39, 0.29) is 33.9 Å². The molecule has 4 aromatic rings. The highest BCUT2D eigenvalue weighted by Crippen LogP contribution is 2.21. The van der Waals surface area contributed by atoms with Crippen LogP contribution in [0.4, 0.5) is 10.1 Å². The zero-order valence-electron chi connectivity index (χ0n) is 15.8. The molecule has 2 N–H and O–H groups in total. The number of amides is 1. The predicted molar refractivity (Wildman–Crippen MR) is 113 cm³/mol. The van der Waals surface area contributed by atoms with Crippen molar-refractivity contribution in [2.24, 2.45) is 7.05 Å². The fraction of sp³-hybridized carbons (Fsp3) is 0.0952. The van der Waals surface area contributed by atoms with Gasteiger partial charge in [-0.05, 0) is 23.8 Å². The van der Waals surface area contributed by atoms with Crippen LogP contribution in [0.15, 0.2) is 64.3 Å². The number of rotatable bonds is 4. The second kappa shape index (κ2) is 7.64. The fourth-order valence-electron chi connectivity index (χ4n) is 3.26. The molecule has 0 saturated carbocycles. The Kier molecular flexibility index (Phi) is 5.01. The number of nitrogens with one attached hydrogen (secondary N) is 2. The van der Waals surface area contributed by atoms with Gasteiger partial charge in [-0.3, -0.25) is 14.2 Å². The Balaban J connectivity index is 1.75. The Morgan fingerprint density at radius 2 is 1.90 bits per heavy atom. The SMILES string of the molecule is Cn1cc(C(=O)Nc2ccc(F)c(Cl)c2)c2[nH]c(=O)n(Cc3ccccc3)c(=O)c21. The van der Waals surface area contributed by atoms with Gasteiger partial charge in [0.1, 0.15) is 11.3 Å². The highest BCUT2D eigenvalue weighted by Gasteiger charge is 2.20. The third-order valence-corrected chi connectivity index (χ3v) is 5.00. The summed E-state index contributed by atoms with van der Waals surface area (Å²) in [6, 6.07) is 12.9. The molecule has 0 unspecified atom stereocenters. The van der Waals surface area contributed by atoms with Crippen LogP contribution in [0.25, 0.3) is 11.0 Å². The van der Waals surface area contributed by atoms with Crippen LogP contribution < -0.4 is 16.6 Å². The highest BCUT2D eigenvalue weighted by molar-refractivity contribution is 6.31. The Bertz CT molecular complexity index is 1390. The van der Waals surface area contributed by atoms with Gasteiger partial charge >= 0.3 is 5.69 Å². The first-order chi connectivity index (χ1) is 14.3. The van der Waals surface area contributed by atoms with E-state index in [2.05, 4.69) is 10.3 Å². The predicted octanol–water partition coefficient (Wildman–Crippen LogP) is 3.12. The summed E-state index contributed by atoms with van der Waals surface area (Å²) in [6.45, 7) is 0.103. The number of hydrogen-bond acceptors (Lipinski definition) is 3. The van der Waals surface area contributed by atoms with Crippen molar-refractivity contribution in [2.45, 2.75) is 6.54 Å². The van der Waals surface area contributed by atoms with Crippen LogP contribution in [-0.4, -0.2) is 20.0 Å². The second-order valence-corrected chi connectivity index (χ2v) is 7.17. The summed E-state index contributed by atoms with van der Waals surface area (Å²) in [5.41, 5.74) is 0.364. The average molecular weight is 427 g/mol. The van der Waals surface area contributed by atoms with E-state index < -0.39 is 23.0 Å². The summed E-state index contributed by atoms with van der Waals surface area (Å²) < 4.78 is 15.9. The summed E-state index contributed by atoms with van der Waals surface area (Å²) in [6.07, 6.45) is 1.45. The summed E-state index contributed by atoms with van der Waals surface area (Å²) >= 11 is 5.75. The van der Waals surface area contributed by atoms with Gasteiger partial charge in [0, 0.05) is 18.9 Å². The molecule has 2 aromatic carbocycles. The number of aromatic amines is 1. The van der Waals surface area contributed by atoms with Crippen molar-refractivity contribution < 1.29 is 9.18 Å². The number of aromatic nitrogens is 3. The van der Waals surface area contributed by atoms with Gasteiger partial charge in [-0.15, -0.1) is 0 Å². The number of nitrogens with zero attached hydrogens (tertiary/aromatic N) is 2. The first-order valence-corrected chi connectivity index (χ1v) is 9.35. The number of carbonyl (C=O) groups is 1. The standard InChI is InChI=1S/C21H16ClFN4O3/c1-26-11-14(19(28)24-13-7-8-16(23)15(22)9-13)17-18(26)20(29)27(21(30)25-17)10-12-5-3-2-4-6-12/h2-9,11H,10H2,1H3,(H,24,28)(H,25,30). The van der Waals surface area contributed by atoms with E-state index in [1.165, 1.54) is 22.9 Å². The fourth-order valence-corrected chi connectivity index (χ4v) is 3.44. The van der Waals surface area contributed by atoms with Crippen molar-refractivity contribution in [3.05, 3.63) is 97.5 Å². The first-order valence-electron chi connectivity index (χ1n) is 8.97. The molecule has 0 fully saturated rings. The molecule has 0 bridgehead atoms. The smallest absolute Gasteiger partial charge is 0.329 e. The maximum absolute atomic E-state index is 13.3. The van der Waals surface area contributed by atoms with Crippen LogP contribution in [0.2, 0.25) is 5.02 Å². The molecule has 0 radical (unpaired) electrons. The molecule has 0 aliphatic carbocycles. The summed E-state index contributed by atoms with van der Waals surface area (Å²) in [5.74, 6) is -1.18. The van der Waals surface area contributed by atoms with Crippen LogP contribution in [0, 0.1) is 5.82 Å². The normalized spacial score (nSPS) is 11.0. The largest absolute Gasteiger partial charge is 0.344 e. The van der Waals surface area contributed by atoms with Crippen molar-refractivity contribution >= 4 is 34.2 Å². The van der Waals surface area contributed by atoms with E-state index in [0.717, 1.165) is 16.2 Å². The van der Waals surface area contributed by atoms with Gasteiger partial charge in [-0.1, -0.05) is 41.9 Å². The van der Waals surface area contributed by atoms with E-state index in [9.17, 15) is 18.8 Å². The van der Waals surface area contributed by atoms with Gasteiger partial charge in [0.2, 0.25) is 0 Å². The molecule has 0 spiro atoms. The van der Waals surface area contributed by atoms with Crippen LogP contribution in [0.5, 0.6) is 0 Å². The number of anilines is 1. The molecule has 0 aliphatic rings. The molecule has 7 nitrogen and oxygen atoms in total. The monoisotopic (exact) mass is 426 g/mol. The van der Waals surface area contributed by atoms with Gasteiger partial charge in [0.25, 0.3) is 11.5 Å². The average Bonchev–Trinajstić information content (AvgIpc) is 3.05. The lowest BCUT2D eigenvalue weighted by Gasteiger charge is -2.07. The molecule has 0 saturated heterocycles. The summed E-state index contributed by atoms with van der Waals surface area (Å²) in [5, 5.41) is 2.45. The van der Waals surface area contributed by atoms with Crippen molar-refractivity contribution in [2.75, 3.05) is 5.32 Å². The number of aryl methyl sites for hydroxylation is 1. The molecule has 152 valence electrons. The second-order valence-electron chi connectivity index (χ2n) is 6.77. The zero-order valence-corrected chi connectivity index (χ0v) is 16.5. The molecule has 4 rings (SSSR count). The Hall–Kier alpha value is -3.65. The van der Waals surface area contributed by atoms with Crippen LogP contribution in [0.1, 0.15) is 15.9 Å². The van der Waals surface area contributed by atoms with E-state index in [1.807, 2.05) is 30.3 Å². The molecule has 0 aliphatic heterocycles. The number of fused-ring (bicyclic) bond motifs is 1. The van der Waals surface area contributed by atoms with E-state index in [1.54, 1.807) is 7.05 Å². The minimum Gasteiger partial charge on any atom is -0.344 e. The van der Waals surface area contributed by atoms with Crippen molar-refractivity contribution in [1.29, 1.82) is 0 Å². The molecule has 9 heteroatoms. The van der Waals surface area contributed by atoms with Gasteiger partial charge in [-0.25, -0.2) is 9.18 Å². The molecular weight excluding hydrogens is 411 g/mol. The number of benzene rings is 2. The Morgan fingerprint density at radius 3 is 2.60 bits per heavy atom. The summed E-state index contributed by atoms with van der Waals surface area (Å²) in [7, 11) is 1.61. The molecule has 2 heterocycles. The number of hydrogen-bond donors (Lipinski definition) is 2. The molecular formula is C21H16ClFN4O3. The van der Waals surface area contributed by atoms with Gasteiger partial charge in [0.15, 0.2) is 0 Å². The van der Waals surface area contributed by atoms with Gasteiger partial charge in [-0.2, -0.15) is 0 Å². The number of halogens is 2. The minimum absolute atomic E-state index is 0.103. The number of carbonyl (C=O) groups excluding carboxylic acids is 1. The lowest BCUT2D eigenvalue weighted by molar-refractivity contribution is 0.102. The Morgan fingerprint density at radius 1 is 1.17 bits per heavy atom. The number of H-pyrrole nitrogens is 1. The molecule has 30 heavy (non-hydrogen) atoms. The Labute approximate surface area is 174 Å². The zero-order chi connectivity index (χ0) is 21.4. The van der Waals surface area contributed by atoms with E-state index >= 15 is 0 Å². The van der Waals surface area contributed by atoms with Crippen molar-refractivity contribution in [3.8, 4) is 0 Å². The first kappa shape index (κ1) is 19.7. The topological polar surface area (TPSA) is 88.9 Å². The minimum atomic E-state index is -0.624. The third-order valence-electron chi connectivity index (χ3n) is 4.71. The lowest BCUT2D eigenvalue weighted by Crippen LogP contribution is -2.36. The lowest BCUT2D eigenvalue weighted by atomic mass is 10.2. The van der Waals surface area contributed by atoms with Gasteiger partial charge in [0.05, 0.1) is 22.6 Å². The van der Waals surface area contributed by atoms with Crippen LogP contribution in [-0.2, 0) is 13.6 Å². The molecule has 0 atom stereocenters. The van der Waals surface area contributed by atoms with Crippen molar-refractivity contribution in [3.63, 3.8) is 0 Å². The summed E-state index contributed by atoms with van der Waals surface area (Å²) in [4.78, 5) is 41.0. The van der Waals surface area contributed by atoms with E-state index in [4.69, 9.17) is 11.6 Å². The highest BCUT2D eigenvalue weighted by atomic mass is 35.5. The van der Waals surface area contributed by atoms with Gasteiger partial charge < -0.3 is 14.9 Å². The maximum atomic E-state index is 13.3.